The Morgan fingerprint density at radius 3 is 2.37 bits per heavy atom. The Labute approximate surface area is 155 Å². The van der Waals surface area contributed by atoms with Crippen molar-refractivity contribution in [2.45, 2.75) is 13.3 Å². The summed E-state index contributed by atoms with van der Waals surface area (Å²) in [6.45, 7) is 0.983. The quantitative estimate of drug-likeness (QED) is 0.727. The normalized spacial score (nSPS) is 10.0. The minimum atomic E-state index is -0.937. The van der Waals surface area contributed by atoms with Crippen LogP contribution in [-0.4, -0.2) is 31.1 Å². The van der Waals surface area contributed by atoms with Gasteiger partial charge in [-0.15, -0.1) is 0 Å². The number of carbonyl (C=O) groups excluding carboxylic acids is 3. The maximum atomic E-state index is 13.4. The summed E-state index contributed by atoms with van der Waals surface area (Å²) in [6, 6.07) is 11.8. The van der Waals surface area contributed by atoms with E-state index in [1.165, 1.54) is 18.2 Å². The lowest BCUT2D eigenvalue weighted by Crippen LogP contribution is -2.37. The summed E-state index contributed by atoms with van der Waals surface area (Å²) in [5, 5.41) is 4.10. The molecule has 0 aliphatic rings. The van der Waals surface area contributed by atoms with Crippen LogP contribution in [-0.2, 0) is 20.7 Å². The zero-order valence-electron chi connectivity index (χ0n) is 14.7. The summed E-state index contributed by atoms with van der Waals surface area (Å²) >= 11 is 0. The molecule has 0 aliphatic heterocycles. The highest BCUT2D eigenvalue weighted by atomic mass is 19.1. The lowest BCUT2D eigenvalue weighted by atomic mass is 10.2. The Hall–Kier alpha value is -3.42. The number of rotatable bonds is 7. The van der Waals surface area contributed by atoms with Crippen molar-refractivity contribution >= 4 is 23.6 Å². The largest absolute Gasteiger partial charge is 0.482 e. The van der Waals surface area contributed by atoms with Crippen LogP contribution in [0.3, 0.4) is 0 Å². The fourth-order valence-corrected chi connectivity index (χ4v) is 2.03. The number of anilines is 1. The van der Waals surface area contributed by atoms with Crippen LogP contribution in [0, 0.1) is 5.82 Å². The summed E-state index contributed by atoms with van der Waals surface area (Å²) in [7, 11) is 0. The molecule has 2 rings (SSSR count). The fourth-order valence-electron chi connectivity index (χ4n) is 2.03. The molecule has 2 N–H and O–H groups in total. The summed E-state index contributed by atoms with van der Waals surface area (Å²) in [5.41, 5.74) is 1.05. The van der Waals surface area contributed by atoms with Crippen LogP contribution >= 0.6 is 0 Å². The Morgan fingerprint density at radius 1 is 1.00 bits per heavy atom. The molecule has 0 heterocycles. The maximum Gasteiger partial charge on any atom is 0.344 e. The highest BCUT2D eigenvalue weighted by molar-refractivity contribution is 6.01. The fraction of sp³-hybridized carbons (Fsp3) is 0.211. The Balaban J connectivity index is 1.68. The average molecular weight is 374 g/mol. The van der Waals surface area contributed by atoms with Gasteiger partial charge in [-0.1, -0.05) is 31.2 Å². The van der Waals surface area contributed by atoms with E-state index >= 15 is 0 Å². The number of amides is 3. The first-order chi connectivity index (χ1) is 13.0. The number of esters is 1. The molecule has 0 aliphatic carbocycles. The van der Waals surface area contributed by atoms with Crippen LogP contribution < -0.4 is 15.4 Å². The predicted octanol–water partition coefficient (Wildman–Crippen LogP) is 2.66. The van der Waals surface area contributed by atoms with Gasteiger partial charge in [-0.2, -0.15) is 0 Å². The molecule has 0 atom stereocenters. The van der Waals surface area contributed by atoms with Gasteiger partial charge in [0, 0.05) is 0 Å². The Kier molecular flexibility index (Phi) is 7.30. The second kappa shape index (κ2) is 9.91. The third kappa shape index (κ3) is 6.77. The molecule has 0 aromatic heterocycles. The summed E-state index contributed by atoms with van der Waals surface area (Å²) < 4.78 is 23.4. The zero-order chi connectivity index (χ0) is 19.6. The van der Waals surface area contributed by atoms with E-state index in [4.69, 9.17) is 9.47 Å². The van der Waals surface area contributed by atoms with Crippen LogP contribution in [0.4, 0.5) is 14.9 Å². The number of benzene rings is 2. The molecule has 0 spiro atoms. The van der Waals surface area contributed by atoms with Crippen molar-refractivity contribution in [3.63, 3.8) is 0 Å². The van der Waals surface area contributed by atoms with E-state index in [1.807, 2.05) is 24.4 Å². The maximum absolute atomic E-state index is 13.4. The van der Waals surface area contributed by atoms with E-state index in [1.54, 1.807) is 12.1 Å². The van der Waals surface area contributed by atoms with Crippen molar-refractivity contribution in [3.8, 4) is 5.75 Å². The molecule has 2 aromatic carbocycles. The molecule has 7 nitrogen and oxygen atoms in total. The average Bonchev–Trinajstić information content (AvgIpc) is 2.67. The zero-order valence-corrected chi connectivity index (χ0v) is 14.7. The molecule has 142 valence electrons. The smallest absolute Gasteiger partial charge is 0.344 e. The first kappa shape index (κ1) is 19.9. The van der Waals surface area contributed by atoms with Gasteiger partial charge in [0.1, 0.15) is 11.6 Å². The van der Waals surface area contributed by atoms with Crippen LogP contribution in [0.5, 0.6) is 5.75 Å². The lowest BCUT2D eigenvalue weighted by Gasteiger charge is -2.09. The van der Waals surface area contributed by atoms with Crippen molar-refractivity contribution in [2.75, 3.05) is 18.5 Å². The van der Waals surface area contributed by atoms with Crippen molar-refractivity contribution in [1.29, 1.82) is 0 Å². The van der Waals surface area contributed by atoms with Gasteiger partial charge in [0.05, 0.1) is 5.69 Å². The van der Waals surface area contributed by atoms with Crippen molar-refractivity contribution in [2.24, 2.45) is 0 Å². The van der Waals surface area contributed by atoms with E-state index in [9.17, 15) is 18.8 Å². The van der Waals surface area contributed by atoms with Gasteiger partial charge in [-0.05, 0) is 36.2 Å². The van der Waals surface area contributed by atoms with Gasteiger partial charge in [0.15, 0.2) is 13.2 Å². The summed E-state index contributed by atoms with van der Waals surface area (Å²) in [5.74, 6) is -1.77. The Bertz CT molecular complexity index is 808. The molecule has 0 saturated carbocycles. The molecule has 3 amide bonds. The molecule has 8 heteroatoms. The second-order valence-electron chi connectivity index (χ2n) is 5.43. The van der Waals surface area contributed by atoms with Crippen LogP contribution in [0.15, 0.2) is 48.5 Å². The van der Waals surface area contributed by atoms with E-state index in [2.05, 4.69) is 5.32 Å². The van der Waals surface area contributed by atoms with Gasteiger partial charge in [-0.3, -0.25) is 10.1 Å². The standard InChI is InChI=1S/C19H19FN2O5/c1-2-13-7-9-14(10-8-13)26-12-18(24)27-11-17(23)22-19(25)21-16-6-4-3-5-15(16)20/h3-10H,2,11-12H2,1H3,(H2,21,22,23,25). The summed E-state index contributed by atoms with van der Waals surface area (Å²) in [4.78, 5) is 34.8. The van der Waals surface area contributed by atoms with Gasteiger partial charge in [0.2, 0.25) is 0 Å². The van der Waals surface area contributed by atoms with Crippen molar-refractivity contribution in [1.82, 2.24) is 5.32 Å². The first-order valence-corrected chi connectivity index (χ1v) is 8.20. The SMILES string of the molecule is CCc1ccc(OCC(=O)OCC(=O)NC(=O)Nc2ccccc2F)cc1. The van der Waals surface area contributed by atoms with Crippen molar-refractivity contribution in [3.05, 3.63) is 59.9 Å². The number of halogens is 1. The molecule has 0 saturated heterocycles. The number of para-hydroxylation sites is 1. The number of hydrogen-bond acceptors (Lipinski definition) is 5. The molecular formula is C19H19FN2O5. The van der Waals surface area contributed by atoms with Crippen molar-refractivity contribution < 1.29 is 28.2 Å². The van der Waals surface area contributed by atoms with Crippen LogP contribution in [0.25, 0.3) is 0 Å². The van der Waals surface area contributed by atoms with Crippen LogP contribution in [0.2, 0.25) is 0 Å². The third-order valence-electron chi connectivity index (χ3n) is 3.43. The molecule has 2 aromatic rings. The minimum absolute atomic E-state index is 0.0812. The number of ether oxygens (including phenoxy) is 2. The lowest BCUT2D eigenvalue weighted by molar-refractivity contribution is -0.150. The third-order valence-corrected chi connectivity index (χ3v) is 3.43. The molecule has 0 unspecified atom stereocenters. The molecule has 0 fully saturated rings. The monoisotopic (exact) mass is 374 g/mol. The van der Waals surface area contributed by atoms with E-state index in [-0.39, 0.29) is 12.3 Å². The molecule has 0 bridgehead atoms. The minimum Gasteiger partial charge on any atom is -0.482 e. The predicted molar refractivity (Wildman–Crippen MR) is 95.8 cm³/mol. The van der Waals surface area contributed by atoms with E-state index < -0.39 is 30.3 Å². The number of aryl methyl sites for hydroxylation is 1. The van der Waals surface area contributed by atoms with Gasteiger partial charge >= 0.3 is 12.0 Å². The Morgan fingerprint density at radius 2 is 1.70 bits per heavy atom. The van der Waals surface area contributed by atoms with E-state index in [0.29, 0.717) is 5.75 Å². The summed E-state index contributed by atoms with van der Waals surface area (Å²) in [6.07, 6.45) is 0.891. The topological polar surface area (TPSA) is 93.7 Å². The van der Waals surface area contributed by atoms with E-state index in [0.717, 1.165) is 18.1 Å². The highest BCUT2D eigenvalue weighted by Gasteiger charge is 2.13. The number of carbonyl (C=O) groups is 3. The van der Waals surface area contributed by atoms with Gasteiger partial charge in [0.25, 0.3) is 5.91 Å². The number of hydrogen-bond donors (Lipinski definition) is 2. The van der Waals surface area contributed by atoms with Gasteiger partial charge in [-0.25, -0.2) is 14.0 Å². The molecule has 0 radical (unpaired) electrons. The second-order valence-corrected chi connectivity index (χ2v) is 5.43. The highest BCUT2D eigenvalue weighted by Crippen LogP contribution is 2.13. The van der Waals surface area contributed by atoms with Gasteiger partial charge < -0.3 is 14.8 Å². The molecule has 27 heavy (non-hydrogen) atoms. The number of urea groups is 1. The number of imide groups is 1. The van der Waals surface area contributed by atoms with Crippen LogP contribution in [0.1, 0.15) is 12.5 Å². The first-order valence-electron chi connectivity index (χ1n) is 8.20. The molecular weight excluding hydrogens is 355 g/mol. The number of nitrogens with one attached hydrogen (secondary N) is 2.